The minimum Gasteiger partial charge on any atom is -0.493 e. The van der Waals surface area contributed by atoms with Crippen molar-refractivity contribution in [3.8, 4) is 22.6 Å². The molecule has 2 aromatic rings. The molecule has 1 aliphatic rings. The standard InChI is InChI=1S/C22H28N2O4/c1-5-26-22(25)24-21-10-19-18-7-6-17(27-12-15(4)8-14(2)3)9-16(18)13-28-20(19)11-23-21/h6-7,9-11,14-15H,5,8,12-13H2,1-4H3,(H,23,24,25)/t15-/m1/s1. The minimum atomic E-state index is -0.522. The van der Waals surface area contributed by atoms with E-state index in [4.69, 9.17) is 14.2 Å². The van der Waals surface area contributed by atoms with Gasteiger partial charge < -0.3 is 14.2 Å². The molecule has 1 N–H and O–H groups in total. The maximum absolute atomic E-state index is 11.6. The van der Waals surface area contributed by atoms with Gasteiger partial charge in [0.2, 0.25) is 0 Å². The number of benzene rings is 1. The van der Waals surface area contributed by atoms with Gasteiger partial charge >= 0.3 is 6.09 Å². The fourth-order valence-corrected chi connectivity index (χ4v) is 3.42. The summed E-state index contributed by atoms with van der Waals surface area (Å²) in [6.45, 7) is 9.89. The Bertz CT molecular complexity index is 835. The molecule has 0 aliphatic carbocycles. The Labute approximate surface area is 166 Å². The highest BCUT2D eigenvalue weighted by Crippen LogP contribution is 2.39. The Morgan fingerprint density at radius 1 is 1.25 bits per heavy atom. The van der Waals surface area contributed by atoms with Crippen LogP contribution in [0, 0.1) is 11.8 Å². The number of amides is 1. The van der Waals surface area contributed by atoms with Crippen LogP contribution in [0.4, 0.5) is 10.6 Å². The molecule has 0 radical (unpaired) electrons. The van der Waals surface area contributed by atoms with Crippen molar-refractivity contribution < 1.29 is 19.0 Å². The van der Waals surface area contributed by atoms with Gasteiger partial charge in [-0.25, -0.2) is 9.78 Å². The van der Waals surface area contributed by atoms with Crippen molar-refractivity contribution in [2.24, 2.45) is 11.8 Å². The van der Waals surface area contributed by atoms with E-state index in [2.05, 4.69) is 31.1 Å². The van der Waals surface area contributed by atoms with Gasteiger partial charge in [0.05, 0.1) is 19.4 Å². The first kappa shape index (κ1) is 20.0. The zero-order valence-electron chi connectivity index (χ0n) is 17.0. The summed E-state index contributed by atoms with van der Waals surface area (Å²) in [5.74, 6) is 3.15. The van der Waals surface area contributed by atoms with E-state index in [0.717, 1.165) is 28.9 Å². The Kier molecular flexibility index (Phi) is 6.39. The monoisotopic (exact) mass is 384 g/mol. The highest BCUT2D eigenvalue weighted by Gasteiger charge is 2.20. The van der Waals surface area contributed by atoms with E-state index in [0.29, 0.717) is 43.2 Å². The molecule has 3 rings (SSSR count). The quantitative estimate of drug-likeness (QED) is 0.704. The summed E-state index contributed by atoms with van der Waals surface area (Å²) in [5.41, 5.74) is 3.00. The lowest BCUT2D eigenvalue weighted by atomic mass is 9.97. The number of aromatic nitrogens is 1. The Hall–Kier alpha value is -2.76. The number of ether oxygens (including phenoxy) is 3. The molecule has 0 saturated carbocycles. The lowest BCUT2D eigenvalue weighted by Gasteiger charge is -2.22. The van der Waals surface area contributed by atoms with Crippen LogP contribution in [-0.4, -0.2) is 24.3 Å². The van der Waals surface area contributed by atoms with E-state index in [1.54, 1.807) is 19.2 Å². The van der Waals surface area contributed by atoms with Crippen LogP contribution in [0.2, 0.25) is 0 Å². The van der Waals surface area contributed by atoms with Gasteiger partial charge in [0.15, 0.2) is 0 Å². The van der Waals surface area contributed by atoms with Gasteiger partial charge in [-0.2, -0.15) is 0 Å². The molecule has 1 aliphatic heterocycles. The molecule has 0 fully saturated rings. The highest BCUT2D eigenvalue weighted by atomic mass is 16.5. The van der Waals surface area contributed by atoms with Crippen molar-refractivity contribution in [2.75, 3.05) is 18.5 Å². The van der Waals surface area contributed by atoms with E-state index in [9.17, 15) is 4.79 Å². The molecule has 0 saturated heterocycles. The van der Waals surface area contributed by atoms with Crippen LogP contribution in [0.25, 0.3) is 11.1 Å². The van der Waals surface area contributed by atoms with E-state index >= 15 is 0 Å². The molecule has 6 nitrogen and oxygen atoms in total. The molecular weight excluding hydrogens is 356 g/mol. The number of anilines is 1. The van der Waals surface area contributed by atoms with Crippen LogP contribution in [0.1, 0.15) is 39.7 Å². The minimum absolute atomic E-state index is 0.307. The van der Waals surface area contributed by atoms with E-state index in [1.807, 2.05) is 18.2 Å². The molecule has 1 atom stereocenters. The van der Waals surface area contributed by atoms with Crippen molar-refractivity contribution >= 4 is 11.9 Å². The third-order valence-corrected chi connectivity index (χ3v) is 4.53. The fourth-order valence-electron chi connectivity index (χ4n) is 3.42. The number of nitrogens with one attached hydrogen (secondary N) is 1. The number of fused-ring (bicyclic) bond motifs is 3. The molecule has 0 spiro atoms. The van der Waals surface area contributed by atoms with Gasteiger partial charge in [-0.05, 0) is 48.9 Å². The second-order valence-corrected chi connectivity index (χ2v) is 7.56. The first-order valence-corrected chi connectivity index (χ1v) is 9.79. The molecule has 6 heteroatoms. The van der Waals surface area contributed by atoms with Gasteiger partial charge in [-0.1, -0.05) is 26.8 Å². The summed E-state index contributed by atoms with van der Waals surface area (Å²) < 4.78 is 16.7. The molecule has 28 heavy (non-hydrogen) atoms. The largest absolute Gasteiger partial charge is 0.493 e. The lowest BCUT2D eigenvalue weighted by Crippen LogP contribution is -2.15. The van der Waals surface area contributed by atoms with Crippen LogP contribution >= 0.6 is 0 Å². The van der Waals surface area contributed by atoms with E-state index < -0.39 is 6.09 Å². The smallest absolute Gasteiger partial charge is 0.412 e. The van der Waals surface area contributed by atoms with Crippen LogP contribution in [0.3, 0.4) is 0 Å². The van der Waals surface area contributed by atoms with Gasteiger partial charge in [-0.15, -0.1) is 0 Å². The predicted octanol–water partition coefficient (Wildman–Crippen LogP) is 5.27. The number of nitrogens with zero attached hydrogens (tertiary/aromatic N) is 1. The average molecular weight is 384 g/mol. The predicted molar refractivity (Wildman–Crippen MR) is 109 cm³/mol. The van der Waals surface area contributed by atoms with E-state index in [-0.39, 0.29) is 0 Å². The summed E-state index contributed by atoms with van der Waals surface area (Å²) in [7, 11) is 0. The van der Waals surface area contributed by atoms with Crippen LogP contribution in [-0.2, 0) is 11.3 Å². The molecule has 1 aromatic carbocycles. The summed E-state index contributed by atoms with van der Waals surface area (Å²) in [6, 6.07) is 7.84. The maximum atomic E-state index is 11.6. The summed E-state index contributed by atoms with van der Waals surface area (Å²) >= 11 is 0. The third kappa shape index (κ3) is 4.94. The number of pyridine rings is 1. The SMILES string of the molecule is CCOC(=O)Nc1cc2c(cn1)OCc1cc(OC[C@H](C)CC(C)C)ccc1-2. The highest BCUT2D eigenvalue weighted by molar-refractivity contribution is 5.86. The van der Waals surface area contributed by atoms with Gasteiger partial charge in [0.1, 0.15) is 23.9 Å². The molecule has 0 bridgehead atoms. The maximum Gasteiger partial charge on any atom is 0.412 e. The zero-order valence-corrected chi connectivity index (χ0v) is 17.0. The molecule has 1 aromatic heterocycles. The number of carbonyl (C=O) groups is 1. The molecule has 2 heterocycles. The summed E-state index contributed by atoms with van der Waals surface area (Å²) in [5, 5.41) is 2.63. The van der Waals surface area contributed by atoms with Gasteiger partial charge in [0.25, 0.3) is 0 Å². The summed E-state index contributed by atoms with van der Waals surface area (Å²) in [4.78, 5) is 15.9. The third-order valence-electron chi connectivity index (χ3n) is 4.53. The first-order valence-electron chi connectivity index (χ1n) is 9.79. The van der Waals surface area contributed by atoms with Crippen molar-refractivity contribution in [1.29, 1.82) is 0 Å². The molecule has 1 amide bonds. The van der Waals surface area contributed by atoms with Crippen LogP contribution in [0.5, 0.6) is 11.5 Å². The number of carbonyl (C=O) groups excluding carboxylic acids is 1. The van der Waals surface area contributed by atoms with Crippen molar-refractivity contribution in [3.63, 3.8) is 0 Å². The fraction of sp³-hybridized carbons (Fsp3) is 0.455. The number of hydrogen-bond donors (Lipinski definition) is 1. The first-order chi connectivity index (χ1) is 13.5. The van der Waals surface area contributed by atoms with Crippen LogP contribution in [0.15, 0.2) is 30.5 Å². The average Bonchev–Trinajstić information content (AvgIpc) is 2.65. The normalized spacial score (nSPS) is 13.2. The molecule has 150 valence electrons. The van der Waals surface area contributed by atoms with Crippen molar-refractivity contribution in [1.82, 2.24) is 4.98 Å². The molecular formula is C22H28N2O4. The van der Waals surface area contributed by atoms with E-state index in [1.165, 1.54) is 0 Å². The molecule has 0 unspecified atom stereocenters. The Morgan fingerprint density at radius 3 is 2.82 bits per heavy atom. The van der Waals surface area contributed by atoms with Crippen molar-refractivity contribution in [2.45, 2.75) is 40.7 Å². The Morgan fingerprint density at radius 2 is 2.07 bits per heavy atom. The summed E-state index contributed by atoms with van der Waals surface area (Å²) in [6.07, 6.45) is 2.24. The second-order valence-electron chi connectivity index (χ2n) is 7.56. The van der Waals surface area contributed by atoms with Gasteiger partial charge in [0, 0.05) is 11.1 Å². The van der Waals surface area contributed by atoms with Gasteiger partial charge in [-0.3, -0.25) is 5.32 Å². The number of rotatable bonds is 7. The second kappa shape index (κ2) is 8.95. The van der Waals surface area contributed by atoms with Crippen LogP contribution < -0.4 is 14.8 Å². The number of hydrogen-bond acceptors (Lipinski definition) is 5. The lowest BCUT2D eigenvalue weighted by molar-refractivity contribution is 0.168. The Balaban J connectivity index is 1.75. The zero-order chi connectivity index (χ0) is 20.1. The van der Waals surface area contributed by atoms with Crippen molar-refractivity contribution in [3.05, 3.63) is 36.0 Å². The topological polar surface area (TPSA) is 69.7 Å².